The Hall–Kier alpha value is -2.68. The lowest BCUT2D eigenvalue weighted by atomic mass is 10.1. The molecule has 40 heavy (non-hydrogen) atoms. The van der Waals surface area contributed by atoms with Gasteiger partial charge in [0.15, 0.2) is 0 Å². The fourth-order valence-electron chi connectivity index (χ4n) is 6.16. The van der Waals surface area contributed by atoms with E-state index in [0.29, 0.717) is 35.9 Å². The van der Waals surface area contributed by atoms with Crippen molar-refractivity contribution in [3.05, 3.63) is 28.0 Å². The highest BCUT2D eigenvalue weighted by molar-refractivity contribution is 9.10. The quantitative estimate of drug-likeness (QED) is 0.420. The van der Waals surface area contributed by atoms with E-state index in [4.69, 9.17) is 30.8 Å². The second-order valence-electron chi connectivity index (χ2n) is 12.6. The Bertz CT molecular complexity index is 1320. The van der Waals surface area contributed by atoms with Crippen LogP contribution in [0.1, 0.15) is 46.5 Å². The number of halogens is 1. The average molecular weight is 614 g/mol. The number of rotatable bonds is 6. The maximum atomic E-state index is 13.0. The Morgan fingerprint density at radius 2 is 1.88 bits per heavy atom. The predicted octanol–water partition coefficient (Wildman–Crippen LogP) is 5.02. The molecule has 11 heteroatoms. The van der Waals surface area contributed by atoms with Gasteiger partial charge in [0.25, 0.3) is 0 Å². The molecule has 1 aromatic carbocycles. The smallest absolute Gasteiger partial charge is 0.410 e. The largest absolute Gasteiger partial charge is 0.463 e. The van der Waals surface area contributed by atoms with E-state index in [1.54, 1.807) is 0 Å². The van der Waals surface area contributed by atoms with Crippen LogP contribution in [-0.2, 0) is 9.47 Å². The molecule has 1 saturated carbocycles. The summed E-state index contributed by atoms with van der Waals surface area (Å²) >= 11 is 3.53. The number of piperazine rings is 1. The zero-order chi connectivity index (χ0) is 28.1. The zero-order valence-corrected chi connectivity index (χ0v) is 25.1. The van der Waals surface area contributed by atoms with Crippen LogP contribution in [0.15, 0.2) is 16.6 Å². The lowest BCUT2D eigenvalue weighted by Crippen LogP contribution is -2.57. The number of aromatic nitrogens is 2. The van der Waals surface area contributed by atoms with E-state index < -0.39 is 5.60 Å². The molecule has 0 radical (unpaired) electrons. The summed E-state index contributed by atoms with van der Waals surface area (Å²) in [7, 11) is 0. The van der Waals surface area contributed by atoms with Crippen LogP contribution < -0.4 is 9.64 Å². The SMILES string of the molecule is [C-]#[N+]c1cc2c(N3CC4CCC(C3)N4C(=O)OC(C)(C)C)nc(OCC3(CN4CCOCC4)CC3)nc2cc1Br. The molecule has 1 aliphatic carbocycles. The van der Waals surface area contributed by atoms with Crippen molar-refractivity contribution < 1.29 is 19.0 Å². The molecular weight excluding hydrogens is 576 g/mol. The first-order valence-corrected chi connectivity index (χ1v) is 15.0. The van der Waals surface area contributed by atoms with Gasteiger partial charge in [-0.15, -0.1) is 0 Å². The van der Waals surface area contributed by atoms with E-state index in [0.717, 1.165) is 75.3 Å². The first-order valence-electron chi connectivity index (χ1n) is 14.2. The Morgan fingerprint density at radius 1 is 1.18 bits per heavy atom. The molecule has 2 atom stereocenters. The first-order chi connectivity index (χ1) is 19.1. The van der Waals surface area contributed by atoms with Crippen molar-refractivity contribution in [3.8, 4) is 6.01 Å². The second kappa shape index (κ2) is 10.6. The van der Waals surface area contributed by atoms with Gasteiger partial charge in [-0.25, -0.2) is 9.64 Å². The number of anilines is 1. The van der Waals surface area contributed by atoms with Gasteiger partial charge in [0.1, 0.15) is 11.4 Å². The Labute approximate surface area is 243 Å². The van der Waals surface area contributed by atoms with Crippen molar-refractivity contribution in [2.45, 2.75) is 64.1 Å². The highest BCUT2D eigenvalue weighted by Gasteiger charge is 2.46. The standard InChI is InChI=1S/C29H37BrN6O4/c1-28(2,3)40-27(37)36-19-5-6-20(36)16-35(15-19)25-21-13-24(31-4)22(30)14-23(21)32-26(33-25)39-18-29(7-8-29)17-34-9-11-38-12-10-34/h13-14,19-20H,5-12,15-18H2,1-3H3. The first kappa shape index (κ1) is 27.5. The van der Waals surface area contributed by atoms with E-state index in [9.17, 15) is 4.79 Å². The number of ether oxygens (including phenoxy) is 3. The Kier molecular flexibility index (Phi) is 7.30. The van der Waals surface area contributed by atoms with Crippen LogP contribution in [0, 0.1) is 12.0 Å². The van der Waals surface area contributed by atoms with Gasteiger partial charge >= 0.3 is 12.1 Å². The maximum Gasteiger partial charge on any atom is 0.410 e. The Morgan fingerprint density at radius 3 is 2.50 bits per heavy atom. The highest BCUT2D eigenvalue weighted by atomic mass is 79.9. The number of benzene rings is 1. The molecular formula is C29H37BrN6O4. The van der Waals surface area contributed by atoms with Gasteiger partial charge in [-0.1, -0.05) is 15.9 Å². The Balaban J connectivity index is 1.25. The average Bonchev–Trinajstić information content (AvgIpc) is 3.62. The summed E-state index contributed by atoms with van der Waals surface area (Å²) in [4.78, 5) is 33.1. The molecule has 4 heterocycles. The second-order valence-corrected chi connectivity index (χ2v) is 13.5. The molecule has 0 N–H and O–H groups in total. The minimum absolute atomic E-state index is 0.0435. The van der Waals surface area contributed by atoms with Gasteiger partial charge in [-0.2, -0.15) is 9.97 Å². The highest BCUT2D eigenvalue weighted by Crippen LogP contribution is 2.47. The van der Waals surface area contributed by atoms with E-state index in [1.807, 2.05) is 37.8 Å². The van der Waals surface area contributed by atoms with Gasteiger partial charge in [0.2, 0.25) is 5.69 Å². The van der Waals surface area contributed by atoms with Crippen molar-refractivity contribution >= 4 is 44.4 Å². The summed E-state index contributed by atoms with van der Waals surface area (Å²) in [5.74, 6) is 0.760. The molecule has 6 rings (SSSR count). The third-order valence-electron chi connectivity index (χ3n) is 8.36. The molecule has 1 amide bonds. The van der Waals surface area contributed by atoms with Crippen LogP contribution in [0.2, 0.25) is 0 Å². The van der Waals surface area contributed by atoms with Crippen molar-refractivity contribution in [1.29, 1.82) is 0 Å². The van der Waals surface area contributed by atoms with Gasteiger partial charge in [0.05, 0.1) is 44.0 Å². The number of hydrogen-bond donors (Lipinski definition) is 0. The van der Waals surface area contributed by atoms with E-state index in [-0.39, 0.29) is 23.6 Å². The molecule has 2 bridgehead atoms. The van der Waals surface area contributed by atoms with E-state index >= 15 is 0 Å². The van der Waals surface area contributed by atoms with Crippen molar-refractivity contribution in [3.63, 3.8) is 0 Å². The number of hydrogen-bond acceptors (Lipinski definition) is 8. The third-order valence-corrected chi connectivity index (χ3v) is 8.99. The molecule has 10 nitrogen and oxygen atoms in total. The molecule has 214 valence electrons. The number of morpholine rings is 1. The summed E-state index contributed by atoms with van der Waals surface area (Å²) in [5.41, 5.74) is 0.859. The molecule has 0 spiro atoms. The van der Waals surface area contributed by atoms with Crippen LogP contribution in [-0.4, -0.2) is 96.1 Å². The zero-order valence-electron chi connectivity index (χ0n) is 23.5. The number of amides is 1. The van der Waals surface area contributed by atoms with Gasteiger partial charge in [-0.3, -0.25) is 9.80 Å². The summed E-state index contributed by atoms with van der Waals surface area (Å²) in [6.07, 6.45) is 3.89. The maximum absolute atomic E-state index is 13.0. The fourth-order valence-corrected chi connectivity index (χ4v) is 6.58. The van der Waals surface area contributed by atoms with Gasteiger partial charge < -0.3 is 19.1 Å². The monoisotopic (exact) mass is 612 g/mol. The topological polar surface area (TPSA) is 84.6 Å². The minimum atomic E-state index is -0.535. The summed E-state index contributed by atoms with van der Waals surface area (Å²) in [5, 5.41) is 0.820. The van der Waals surface area contributed by atoms with Crippen molar-refractivity contribution in [2.24, 2.45) is 5.41 Å². The molecule has 3 aliphatic heterocycles. The molecule has 1 aromatic heterocycles. The number of fused-ring (bicyclic) bond motifs is 3. The number of carbonyl (C=O) groups is 1. The van der Waals surface area contributed by atoms with E-state index in [1.165, 1.54) is 0 Å². The summed E-state index contributed by atoms with van der Waals surface area (Å²) < 4.78 is 18.3. The normalized spacial score (nSPS) is 24.2. The number of nitrogens with zero attached hydrogens (tertiary/aromatic N) is 6. The van der Waals surface area contributed by atoms with E-state index in [2.05, 4.69) is 30.6 Å². The molecule has 2 unspecified atom stereocenters. The van der Waals surface area contributed by atoms with Crippen LogP contribution in [0.25, 0.3) is 15.7 Å². The summed E-state index contributed by atoms with van der Waals surface area (Å²) in [6.45, 7) is 19.7. The minimum Gasteiger partial charge on any atom is -0.463 e. The fraction of sp³-hybridized carbons (Fsp3) is 0.655. The third kappa shape index (κ3) is 5.71. The lowest BCUT2D eigenvalue weighted by molar-refractivity contribution is 0.0123. The lowest BCUT2D eigenvalue weighted by Gasteiger charge is -2.42. The van der Waals surface area contributed by atoms with Gasteiger partial charge in [-0.05, 0) is 58.6 Å². The summed E-state index contributed by atoms with van der Waals surface area (Å²) in [6, 6.07) is 4.19. The number of carbonyl (C=O) groups excluding carboxylic acids is 1. The molecule has 3 saturated heterocycles. The van der Waals surface area contributed by atoms with Crippen molar-refractivity contribution in [1.82, 2.24) is 19.8 Å². The molecule has 2 aromatic rings. The van der Waals surface area contributed by atoms with Crippen LogP contribution in [0.3, 0.4) is 0 Å². The van der Waals surface area contributed by atoms with Crippen LogP contribution >= 0.6 is 15.9 Å². The predicted molar refractivity (Wildman–Crippen MR) is 155 cm³/mol. The van der Waals surface area contributed by atoms with Crippen LogP contribution in [0.4, 0.5) is 16.3 Å². The molecule has 4 fully saturated rings. The molecule has 4 aliphatic rings. The van der Waals surface area contributed by atoms with Crippen LogP contribution in [0.5, 0.6) is 6.01 Å². The van der Waals surface area contributed by atoms with Gasteiger partial charge in [0, 0.05) is 48.0 Å². The van der Waals surface area contributed by atoms with Crippen molar-refractivity contribution in [2.75, 3.05) is 57.4 Å².